The molecule has 0 amide bonds. The highest BCUT2D eigenvalue weighted by Gasteiger charge is 2.13. The van der Waals surface area contributed by atoms with Crippen molar-refractivity contribution in [1.29, 1.82) is 5.26 Å². The van der Waals surface area contributed by atoms with Crippen molar-refractivity contribution in [1.82, 2.24) is 0 Å². The number of nitrogens with zero attached hydrogens (tertiary/aromatic N) is 1. The quantitative estimate of drug-likeness (QED) is 0.808. The number of nitrogens with two attached hydrogens (primary N) is 1. The lowest BCUT2D eigenvalue weighted by molar-refractivity contribution is -0.139. The van der Waals surface area contributed by atoms with E-state index in [1.165, 1.54) is 7.11 Å². The van der Waals surface area contributed by atoms with E-state index in [2.05, 4.69) is 4.74 Å². The lowest BCUT2D eigenvalue weighted by Crippen LogP contribution is -2.08. The summed E-state index contributed by atoms with van der Waals surface area (Å²) in [6.45, 7) is 0.299. The monoisotopic (exact) mass is 238 g/mol. The van der Waals surface area contributed by atoms with E-state index in [4.69, 9.17) is 22.6 Å². The Hall–Kier alpha value is -1.57. The number of esters is 1. The second-order valence-electron chi connectivity index (χ2n) is 3.17. The van der Waals surface area contributed by atoms with Crippen LogP contribution in [0, 0.1) is 11.3 Å². The highest BCUT2D eigenvalue weighted by molar-refractivity contribution is 6.31. The van der Waals surface area contributed by atoms with Crippen molar-refractivity contribution in [3.05, 3.63) is 33.8 Å². The van der Waals surface area contributed by atoms with Crippen molar-refractivity contribution in [2.75, 3.05) is 7.11 Å². The van der Waals surface area contributed by atoms with Gasteiger partial charge >= 0.3 is 5.97 Å². The van der Waals surface area contributed by atoms with Crippen molar-refractivity contribution in [3.63, 3.8) is 0 Å². The van der Waals surface area contributed by atoms with Gasteiger partial charge in [0.05, 0.1) is 25.2 Å². The van der Waals surface area contributed by atoms with Crippen LogP contribution in [0.1, 0.15) is 16.7 Å². The van der Waals surface area contributed by atoms with Gasteiger partial charge < -0.3 is 10.5 Å². The molecule has 0 radical (unpaired) electrons. The number of hydrogen-bond acceptors (Lipinski definition) is 4. The molecule has 1 aromatic carbocycles. The third kappa shape index (κ3) is 2.72. The van der Waals surface area contributed by atoms with Gasteiger partial charge in [-0.25, -0.2) is 0 Å². The molecule has 84 valence electrons. The molecule has 0 bridgehead atoms. The van der Waals surface area contributed by atoms with Gasteiger partial charge in [0, 0.05) is 11.6 Å². The maximum atomic E-state index is 11.1. The molecular formula is C11H11ClN2O2. The molecule has 2 N–H and O–H groups in total. The topological polar surface area (TPSA) is 76.1 Å². The van der Waals surface area contributed by atoms with Gasteiger partial charge in [0.25, 0.3) is 0 Å². The molecule has 1 rings (SSSR count). The number of nitriles is 1. The van der Waals surface area contributed by atoms with Crippen LogP contribution >= 0.6 is 11.6 Å². The fourth-order valence-corrected chi connectivity index (χ4v) is 1.62. The van der Waals surface area contributed by atoms with Crippen LogP contribution in [0.3, 0.4) is 0 Å². The number of carbonyl (C=O) groups excluding carboxylic acids is 1. The molecule has 0 heterocycles. The Morgan fingerprint density at radius 1 is 1.62 bits per heavy atom. The third-order valence-corrected chi connectivity index (χ3v) is 2.50. The van der Waals surface area contributed by atoms with E-state index >= 15 is 0 Å². The molecule has 0 aliphatic rings. The molecule has 0 aliphatic heterocycles. The molecule has 0 unspecified atom stereocenters. The average molecular weight is 239 g/mol. The predicted octanol–water partition coefficient (Wildman–Crippen LogP) is 1.39. The van der Waals surface area contributed by atoms with Crippen molar-refractivity contribution in [2.24, 2.45) is 5.73 Å². The van der Waals surface area contributed by atoms with Gasteiger partial charge in [0.1, 0.15) is 0 Å². The van der Waals surface area contributed by atoms with Gasteiger partial charge in [-0.3, -0.25) is 4.79 Å². The van der Waals surface area contributed by atoms with E-state index in [0.29, 0.717) is 22.7 Å². The second-order valence-corrected chi connectivity index (χ2v) is 3.58. The minimum atomic E-state index is -0.432. The molecule has 0 saturated heterocycles. The lowest BCUT2D eigenvalue weighted by Gasteiger charge is -2.07. The van der Waals surface area contributed by atoms with Gasteiger partial charge in [-0.15, -0.1) is 0 Å². The van der Waals surface area contributed by atoms with E-state index < -0.39 is 5.97 Å². The largest absolute Gasteiger partial charge is 0.469 e. The summed E-state index contributed by atoms with van der Waals surface area (Å²) in [5, 5.41) is 9.31. The predicted molar refractivity (Wildman–Crippen MR) is 59.8 cm³/mol. The van der Waals surface area contributed by atoms with E-state index in [-0.39, 0.29) is 6.42 Å². The molecule has 0 aliphatic carbocycles. The SMILES string of the molecule is COC(=O)Cc1c(Cl)cc(CN)cc1C#N. The van der Waals surface area contributed by atoms with Crippen LogP contribution in [-0.2, 0) is 22.5 Å². The molecule has 4 nitrogen and oxygen atoms in total. The first-order chi connectivity index (χ1) is 7.62. The summed E-state index contributed by atoms with van der Waals surface area (Å²) in [6.07, 6.45) is -0.0108. The molecule has 0 saturated carbocycles. The van der Waals surface area contributed by atoms with Gasteiger partial charge in [-0.05, 0) is 23.3 Å². The second kappa shape index (κ2) is 5.50. The summed E-state index contributed by atoms with van der Waals surface area (Å²) in [5.74, 6) is -0.432. The summed E-state index contributed by atoms with van der Waals surface area (Å²) >= 11 is 5.98. The van der Waals surface area contributed by atoms with Crippen molar-refractivity contribution in [2.45, 2.75) is 13.0 Å². The van der Waals surface area contributed by atoms with Gasteiger partial charge in [-0.2, -0.15) is 5.26 Å². The summed E-state index contributed by atoms with van der Waals surface area (Å²) < 4.78 is 4.53. The molecule has 0 aromatic heterocycles. The first-order valence-electron chi connectivity index (χ1n) is 4.60. The van der Waals surface area contributed by atoms with Crippen LogP contribution in [0.2, 0.25) is 5.02 Å². The van der Waals surface area contributed by atoms with E-state index in [9.17, 15) is 4.79 Å². The van der Waals surface area contributed by atoms with Crippen LogP contribution in [0.25, 0.3) is 0 Å². The maximum Gasteiger partial charge on any atom is 0.310 e. The van der Waals surface area contributed by atoms with Gasteiger partial charge in [0.15, 0.2) is 0 Å². The molecule has 0 fully saturated rings. The van der Waals surface area contributed by atoms with E-state index in [0.717, 1.165) is 5.56 Å². The standard InChI is InChI=1S/C11H11ClN2O2/c1-16-11(15)4-9-8(6-14)2-7(5-13)3-10(9)12/h2-3H,4-5,13H2,1H3. The molecule has 0 spiro atoms. The lowest BCUT2D eigenvalue weighted by atomic mass is 10.0. The average Bonchev–Trinajstić information content (AvgIpc) is 2.30. The minimum Gasteiger partial charge on any atom is -0.469 e. The number of benzene rings is 1. The minimum absolute atomic E-state index is 0.0108. The van der Waals surface area contributed by atoms with Crippen LogP contribution in [0.15, 0.2) is 12.1 Å². The Morgan fingerprint density at radius 3 is 2.81 bits per heavy atom. The van der Waals surface area contributed by atoms with Crippen LogP contribution in [0.5, 0.6) is 0 Å². The summed E-state index contributed by atoms with van der Waals surface area (Å²) in [7, 11) is 1.29. The fourth-order valence-electron chi connectivity index (χ4n) is 1.31. The Bertz CT molecular complexity index is 452. The molecular weight excluding hydrogens is 228 g/mol. The number of halogens is 1. The number of rotatable bonds is 3. The summed E-state index contributed by atoms with van der Waals surface area (Å²) in [5.41, 5.74) is 7.06. The molecule has 16 heavy (non-hydrogen) atoms. The first-order valence-corrected chi connectivity index (χ1v) is 4.98. The van der Waals surface area contributed by atoms with Gasteiger partial charge in [0.2, 0.25) is 0 Å². The third-order valence-electron chi connectivity index (χ3n) is 2.16. The van der Waals surface area contributed by atoms with E-state index in [1.54, 1.807) is 12.1 Å². The fraction of sp³-hybridized carbons (Fsp3) is 0.273. The van der Waals surface area contributed by atoms with Crippen LogP contribution < -0.4 is 5.73 Å². The van der Waals surface area contributed by atoms with Crippen molar-refractivity contribution < 1.29 is 9.53 Å². The zero-order chi connectivity index (χ0) is 12.1. The summed E-state index contributed by atoms with van der Waals surface area (Å²) in [6, 6.07) is 5.28. The van der Waals surface area contributed by atoms with Gasteiger partial charge in [-0.1, -0.05) is 11.6 Å². The Kier molecular flexibility index (Phi) is 4.29. The zero-order valence-corrected chi connectivity index (χ0v) is 9.54. The number of ether oxygens (including phenoxy) is 1. The van der Waals surface area contributed by atoms with E-state index in [1.807, 2.05) is 6.07 Å². The van der Waals surface area contributed by atoms with Crippen LogP contribution in [0.4, 0.5) is 0 Å². The maximum absolute atomic E-state index is 11.1. The Labute approximate surface area is 98.6 Å². The van der Waals surface area contributed by atoms with Crippen molar-refractivity contribution >= 4 is 17.6 Å². The highest BCUT2D eigenvalue weighted by Crippen LogP contribution is 2.23. The number of hydrogen-bond donors (Lipinski definition) is 1. The molecule has 5 heteroatoms. The highest BCUT2D eigenvalue weighted by atomic mass is 35.5. The normalized spacial score (nSPS) is 9.62. The number of carbonyl (C=O) groups is 1. The molecule has 0 atom stereocenters. The van der Waals surface area contributed by atoms with Crippen molar-refractivity contribution in [3.8, 4) is 6.07 Å². The van der Waals surface area contributed by atoms with Crippen LogP contribution in [-0.4, -0.2) is 13.1 Å². The smallest absolute Gasteiger partial charge is 0.310 e. The zero-order valence-electron chi connectivity index (χ0n) is 8.79. The first kappa shape index (κ1) is 12.5. The Balaban J connectivity index is 3.18. The Morgan fingerprint density at radius 2 is 2.31 bits per heavy atom. The summed E-state index contributed by atoms with van der Waals surface area (Å²) in [4.78, 5) is 11.1. The number of methoxy groups -OCH3 is 1. The molecule has 1 aromatic rings.